The fourth-order valence-electron chi connectivity index (χ4n) is 2.31. The average Bonchev–Trinajstić information content (AvgIpc) is 3.16. The predicted octanol–water partition coefficient (Wildman–Crippen LogP) is 3.45. The fraction of sp³-hybridized carbons (Fsp3) is 0.167. The van der Waals surface area contributed by atoms with Crippen LogP contribution in [0.4, 0.5) is 5.69 Å². The lowest BCUT2D eigenvalue weighted by Gasteiger charge is -2.13. The Labute approximate surface area is 159 Å². The Morgan fingerprint density at radius 2 is 1.88 bits per heavy atom. The molecule has 2 aromatic carbocycles. The van der Waals surface area contributed by atoms with Gasteiger partial charge in [-0.05, 0) is 71.0 Å². The Morgan fingerprint density at radius 1 is 1.16 bits per heavy atom. The van der Waals surface area contributed by atoms with Gasteiger partial charge in [-0.2, -0.15) is 0 Å². The van der Waals surface area contributed by atoms with E-state index in [1.165, 1.54) is 5.56 Å². The summed E-state index contributed by atoms with van der Waals surface area (Å²) in [6, 6.07) is 13.5. The number of benzene rings is 2. The van der Waals surface area contributed by atoms with Crippen LogP contribution in [0, 0.1) is 3.57 Å². The molecule has 0 radical (unpaired) electrons. The molecule has 0 unspecified atom stereocenters. The number of nitrogens with zero attached hydrogens (tertiary/aromatic N) is 3. The van der Waals surface area contributed by atoms with Crippen LogP contribution >= 0.6 is 22.6 Å². The molecule has 0 aliphatic carbocycles. The highest BCUT2D eigenvalue weighted by molar-refractivity contribution is 14.1. The zero-order valence-electron chi connectivity index (χ0n) is 13.6. The van der Waals surface area contributed by atoms with Crippen molar-refractivity contribution >= 4 is 34.2 Å². The van der Waals surface area contributed by atoms with Crippen LogP contribution in [-0.4, -0.2) is 27.3 Å². The molecule has 0 saturated heterocycles. The Kier molecular flexibility index (Phi) is 5.64. The highest BCUT2D eigenvalue weighted by Gasteiger charge is 2.10. The number of anilines is 1. The molecule has 1 N–H and O–H groups in total. The lowest BCUT2D eigenvalue weighted by atomic mass is 10.1. The molecule has 1 aromatic heterocycles. The van der Waals surface area contributed by atoms with E-state index >= 15 is 0 Å². The predicted molar refractivity (Wildman–Crippen MR) is 104 cm³/mol. The zero-order valence-corrected chi connectivity index (χ0v) is 15.8. The van der Waals surface area contributed by atoms with Crippen LogP contribution in [0.5, 0.6) is 5.75 Å². The van der Waals surface area contributed by atoms with E-state index in [1.54, 1.807) is 17.2 Å². The molecule has 0 fully saturated rings. The quantitative estimate of drug-likeness (QED) is 0.587. The van der Waals surface area contributed by atoms with Gasteiger partial charge >= 0.3 is 0 Å². The van der Waals surface area contributed by atoms with Crippen LogP contribution in [0.25, 0.3) is 5.69 Å². The lowest BCUT2D eigenvalue weighted by molar-refractivity contribution is -0.118. The van der Waals surface area contributed by atoms with Gasteiger partial charge in [0.05, 0.1) is 5.69 Å². The van der Waals surface area contributed by atoms with Gasteiger partial charge in [-0.1, -0.05) is 13.0 Å². The highest BCUT2D eigenvalue weighted by Crippen LogP contribution is 2.24. The van der Waals surface area contributed by atoms with Crippen molar-refractivity contribution in [3.05, 3.63) is 64.3 Å². The van der Waals surface area contributed by atoms with E-state index in [4.69, 9.17) is 4.74 Å². The van der Waals surface area contributed by atoms with Crippen molar-refractivity contribution in [2.45, 2.75) is 13.3 Å². The van der Waals surface area contributed by atoms with Crippen molar-refractivity contribution in [1.82, 2.24) is 14.8 Å². The normalized spacial score (nSPS) is 10.5. The second-order valence-electron chi connectivity index (χ2n) is 5.37. The van der Waals surface area contributed by atoms with Gasteiger partial charge in [0.25, 0.3) is 5.91 Å². The SMILES string of the molecule is CCc1ccc(OCC(=O)Nc2ccc(I)cc2)c(-n2cnnc2)c1. The minimum Gasteiger partial charge on any atom is -0.482 e. The number of halogens is 1. The van der Waals surface area contributed by atoms with Crippen molar-refractivity contribution in [3.8, 4) is 11.4 Å². The van der Waals surface area contributed by atoms with Crippen molar-refractivity contribution in [1.29, 1.82) is 0 Å². The van der Waals surface area contributed by atoms with E-state index in [2.05, 4.69) is 45.0 Å². The molecule has 0 aliphatic heterocycles. The molecular weight excluding hydrogens is 431 g/mol. The van der Waals surface area contributed by atoms with E-state index in [0.29, 0.717) is 5.75 Å². The summed E-state index contributed by atoms with van der Waals surface area (Å²) in [6.07, 6.45) is 4.11. The summed E-state index contributed by atoms with van der Waals surface area (Å²) in [6.45, 7) is 2.01. The largest absolute Gasteiger partial charge is 0.482 e. The van der Waals surface area contributed by atoms with Crippen molar-refractivity contribution in [2.75, 3.05) is 11.9 Å². The number of aryl methyl sites for hydroxylation is 1. The van der Waals surface area contributed by atoms with Crippen LogP contribution in [0.1, 0.15) is 12.5 Å². The summed E-state index contributed by atoms with van der Waals surface area (Å²) in [5, 5.41) is 10.5. The molecule has 0 saturated carbocycles. The number of carbonyl (C=O) groups excluding carboxylic acids is 1. The van der Waals surface area contributed by atoms with E-state index in [1.807, 2.05) is 42.5 Å². The molecule has 0 bridgehead atoms. The topological polar surface area (TPSA) is 69.0 Å². The van der Waals surface area contributed by atoms with Gasteiger partial charge in [-0.25, -0.2) is 0 Å². The van der Waals surface area contributed by atoms with Crippen LogP contribution in [-0.2, 0) is 11.2 Å². The van der Waals surface area contributed by atoms with E-state index in [-0.39, 0.29) is 12.5 Å². The molecule has 3 rings (SSSR count). The first-order chi connectivity index (χ1) is 12.2. The number of nitrogens with one attached hydrogen (secondary N) is 1. The van der Waals surface area contributed by atoms with E-state index < -0.39 is 0 Å². The Bertz CT molecular complexity index is 848. The molecular formula is C18H17IN4O2. The van der Waals surface area contributed by atoms with Crippen LogP contribution in [0.3, 0.4) is 0 Å². The van der Waals surface area contributed by atoms with Crippen LogP contribution in [0.15, 0.2) is 55.1 Å². The van der Waals surface area contributed by atoms with Gasteiger partial charge in [-0.3, -0.25) is 9.36 Å². The minimum absolute atomic E-state index is 0.0768. The number of hydrogen-bond donors (Lipinski definition) is 1. The maximum absolute atomic E-state index is 12.1. The third-order valence-electron chi connectivity index (χ3n) is 3.62. The summed E-state index contributed by atoms with van der Waals surface area (Å²) in [5.74, 6) is 0.394. The van der Waals surface area contributed by atoms with Gasteiger partial charge in [-0.15, -0.1) is 10.2 Å². The monoisotopic (exact) mass is 448 g/mol. The van der Waals surface area contributed by atoms with Gasteiger partial charge in [0, 0.05) is 9.26 Å². The summed E-state index contributed by atoms with van der Waals surface area (Å²) in [5.41, 5.74) is 2.72. The van der Waals surface area contributed by atoms with Gasteiger partial charge < -0.3 is 10.1 Å². The number of carbonyl (C=O) groups is 1. The summed E-state index contributed by atoms with van der Waals surface area (Å²) < 4.78 is 8.61. The maximum Gasteiger partial charge on any atom is 0.262 e. The van der Waals surface area contributed by atoms with Gasteiger partial charge in [0.2, 0.25) is 0 Å². The number of rotatable bonds is 6. The third kappa shape index (κ3) is 4.56. The number of hydrogen-bond acceptors (Lipinski definition) is 4. The Hall–Kier alpha value is -2.42. The van der Waals surface area contributed by atoms with E-state index in [0.717, 1.165) is 21.4 Å². The molecule has 0 aliphatic rings. The van der Waals surface area contributed by atoms with Crippen molar-refractivity contribution < 1.29 is 9.53 Å². The van der Waals surface area contributed by atoms with Gasteiger partial charge in [0.15, 0.2) is 6.61 Å². The molecule has 1 heterocycles. The second-order valence-corrected chi connectivity index (χ2v) is 6.61. The highest BCUT2D eigenvalue weighted by atomic mass is 127. The van der Waals surface area contributed by atoms with Crippen molar-refractivity contribution in [3.63, 3.8) is 0 Å². The molecule has 0 spiro atoms. The van der Waals surface area contributed by atoms with Gasteiger partial charge in [0.1, 0.15) is 18.4 Å². The zero-order chi connectivity index (χ0) is 17.6. The standard InChI is InChI=1S/C18H17IN4O2/c1-2-13-3-8-17(16(9-13)23-11-20-21-12-23)25-10-18(24)22-15-6-4-14(19)5-7-15/h3-9,11-12H,2,10H2,1H3,(H,22,24). The average molecular weight is 448 g/mol. The second kappa shape index (κ2) is 8.11. The van der Waals surface area contributed by atoms with E-state index in [9.17, 15) is 4.79 Å². The molecule has 6 nitrogen and oxygen atoms in total. The number of ether oxygens (including phenoxy) is 1. The smallest absolute Gasteiger partial charge is 0.262 e. The molecule has 7 heteroatoms. The van der Waals surface area contributed by atoms with Crippen LogP contribution in [0.2, 0.25) is 0 Å². The molecule has 128 valence electrons. The molecule has 3 aromatic rings. The first kappa shape index (κ1) is 17.4. The Morgan fingerprint density at radius 3 is 2.56 bits per heavy atom. The van der Waals surface area contributed by atoms with Crippen LogP contribution < -0.4 is 10.1 Å². The number of aromatic nitrogens is 3. The lowest BCUT2D eigenvalue weighted by Crippen LogP contribution is -2.20. The third-order valence-corrected chi connectivity index (χ3v) is 4.33. The Balaban J connectivity index is 1.70. The summed E-state index contributed by atoms with van der Waals surface area (Å²) in [4.78, 5) is 12.1. The summed E-state index contributed by atoms with van der Waals surface area (Å²) in [7, 11) is 0. The van der Waals surface area contributed by atoms with Crippen molar-refractivity contribution in [2.24, 2.45) is 0 Å². The molecule has 1 amide bonds. The first-order valence-electron chi connectivity index (χ1n) is 7.82. The minimum atomic E-state index is -0.213. The maximum atomic E-state index is 12.1. The number of amides is 1. The molecule has 0 atom stereocenters. The molecule has 25 heavy (non-hydrogen) atoms. The fourth-order valence-corrected chi connectivity index (χ4v) is 2.66. The summed E-state index contributed by atoms with van der Waals surface area (Å²) >= 11 is 2.22. The first-order valence-corrected chi connectivity index (χ1v) is 8.89.